The fraction of sp³-hybridized carbons (Fsp3) is 0.562. The summed E-state index contributed by atoms with van der Waals surface area (Å²) < 4.78 is 0. The Morgan fingerprint density at radius 3 is 2.42 bits per heavy atom. The first-order valence-electron chi connectivity index (χ1n) is 6.89. The molecule has 0 unspecified atom stereocenters. The monoisotopic (exact) mass is 325 g/mol. The Hall–Kier alpha value is -0.830. The highest BCUT2D eigenvalue weighted by atomic mass is 79.9. The lowest BCUT2D eigenvalue weighted by Gasteiger charge is -2.29. The number of carbonyl (C=O) groups is 1. The summed E-state index contributed by atoms with van der Waals surface area (Å²) in [7, 11) is 0. The van der Waals surface area contributed by atoms with E-state index in [0.29, 0.717) is 0 Å². The van der Waals surface area contributed by atoms with Gasteiger partial charge in [0.2, 0.25) is 0 Å². The van der Waals surface area contributed by atoms with Gasteiger partial charge in [-0.25, -0.2) is 0 Å². The molecule has 0 spiro atoms. The van der Waals surface area contributed by atoms with Crippen LogP contribution in [0.1, 0.15) is 48.2 Å². The van der Waals surface area contributed by atoms with Crippen LogP contribution in [0.4, 0.5) is 0 Å². The number of aryl methyl sites for hydroxylation is 2. The zero-order valence-corrected chi connectivity index (χ0v) is 13.9. The average Bonchev–Trinajstić information content (AvgIpc) is 2.43. The van der Waals surface area contributed by atoms with Crippen molar-refractivity contribution in [2.75, 3.05) is 11.9 Å². The molecule has 1 rings (SSSR count). The molecular weight excluding hydrogens is 302 g/mol. The fourth-order valence-electron chi connectivity index (χ4n) is 2.08. The van der Waals surface area contributed by atoms with E-state index in [1.165, 1.54) is 0 Å². The Morgan fingerprint density at radius 1 is 1.26 bits per heavy atom. The molecule has 1 aromatic rings. The first-order chi connectivity index (χ1) is 8.98. The van der Waals surface area contributed by atoms with E-state index in [-0.39, 0.29) is 11.3 Å². The van der Waals surface area contributed by atoms with Gasteiger partial charge in [-0.2, -0.15) is 0 Å². The summed E-state index contributed by atoms with van der Waals surface area (Å²) in [4.78, 5) is 12.3. The van der Waals surface area contributed by atoms with E-state index < -0.39 is 0 Å². The molecule has 0 aliphatic rings. The number of amides is 1. The standard InChI is InChI=1S/C16H24BrNO/c1-5-16(6-2,10-17)11-18-15(19)14-9-12(3)7-8-13(14)4/h7-9H,5-6,10-11H2,1-4H3,(H,18,19). The average molecular weight is 326 g/mol. The van der Waals surface area contributed by atoms with Gasteiger partial charge in [-0.05, 0) is 43.7 Å². The molecule has 0 fully saturated rings. The van der Waals surface area contributed by atoms with Crippen LogP contribution in [-0.2, 0) is 0 Å². The van der Waals surface area contributed by atoms with Gasteiger partial charge in [-0.15, -0.1) is 0 Å². The van der Waals surface area contributed by atoms with Crippen LogP contribution in [0.25, 0.3) is 0 Å². The second-order valence-corrected chi connectivity index (χ2v) is 5.90. The third-order valence-corrected chi connectivity index (χ3v) is 5.23. The van der Waals surface area contributed by atoms with Crippen molar-refractivity contribution in [3.05, 3.63) is 34.9 Å². The molecule has 1 aromatic carbocycles. The molecule has 0 radical (unpaired) electrons. The van der Waals surface area contributed by atoms with Crippen molar-refractivity contribution in [1.29, 1.82) is 0 Å². The molecule has 0 bridgehead atoms. The molecule has 0 saturated carbocycles. The van der Waals surface area contributed by atoms with Gasteiger partial charge >= 0.3 is 0 Å². The lowest BCUT2D eigenvalue weighted by Crippen LogP contribution is -2.38. The smallest absolute Gasteiger partial charge is 0.251 e. The Balaban J connectivity index is 2.77. The third-order valence-electron chi connectivity index (χ3n) is 4.05. The van der Waals surface area contributed by atoms with Crippen LogP contribution in [0.15, 0.2) is 18.2 Å². The molecule has 0 aromatic heterocycles. The molecule has 0 atom stereocenters. The number of rotatable bonds is 6. The topological polar surface area (TPSA) is 29.1 Å². The Kier molecular flexibility index (Phi) is 6.05. The first kappa shape index (κ1) is 16.2. The molecule has 19 heavy (non-hydrogen) atoms. The van der Waals surface area contributed by atoms with Gasteiger partial charge in [-0.3, -0.25) is 4.79 Å². The van der Waals surface area contributed by atoms with Gasteiger partial charge in [0.15, 0.2) is 0 Å². The van der Waals surface area contributed by atoms with Crippen LogP contribution >= 0.6 is 15.9 Å². The van der Waals surface area contributed by atoms with Gasteiger partial charge < -0.3 is 5.32 Å². The fourth-order valence-corrected chi connectivity index (χ4v) is 3.07. The van der Waals surface area contributed by atoms with Gasteiger partial charge in [0.05, 0.1) is 0 Å². The summed E-state index contributed by atoms with van der Waals surface area (Å²) in [6.07, 6.45) is 2.11. The molecule has 0 saturated heterocycles. The van der Waals surface area contributed by atoms with Crippen molar-refractivity contribution in [2.45, 2.75) is 40.5 Å². The minimum Gasteiger partial charge on any atom is -0.351 e. The molecule has 106 valence electrons. The number of hydrogen-bond acceptors (Lipinski definition) is 1. The maximum absolute atomic E-state index is 12.3. The maximum Gasteiger partial charge on any atom is 0.251 e. The van der Waals surface area contributed by atoms with E-state index in [0.717, 1.165) is 41.4 Å². The number of alkyl halides is 1. The van der Waals surface area contributed by atoms with E-state index in [2.05, 4.69) is 35.1 Å². The quantitative estimate of drug-likeness (QED) is 0.779. The molecule has 1 amide bonds. The van der Waals surface area contributed by atoms with Crippen LogP contribution in [-0.4, -0.2) is 17.8 Å². The van der Waals surface area contributed by atoms with Crippen LogP contribution in [0.3, 0.4) is 0 Å². The normalized spacial score (nSPS) is 11.4. The molecule has 0 aliphatic carbocycles. The lowest BCUT2D eigenvalue weighted by molar-refractivity contribution is 0.0931. The zero-order chi connectivity index (χ0) is 14.5. The lowest BCUT2D eigenvalue weighted by atomic mass is 9.84. The summed E-state index contributed by atoms with van der Waals surface area (Å²) in [5, 5.41) is 4.01. The highest BCUT2D eigenvalue weighted by molar-refractivity contribution is 9.09. The predicted octanol–water partition coefficient (Wildman–Crippen LogP) is 4.23. The van der Waals surface area contributed by atoms with Crippen LogP contribution in [0.5, 0.6) is 0 Å². The van der Waals surface area contributed by atoms with E-state index in [1.54, 1.807) is 0 Å². The first-order valence-corrected chi connectivity index (χ1v) is 8.01. The van der Waals surface area contributed by atoms with Crippen molar-refractivity contribution >= 4 is 21.8 Å². The van der Waals surface area contributed by atoms with Crippen LogP contribution in [0.2, 0.25) is 0 Å². The second-order valence-electron chi connectivity index (χ2n) is 5.34. The van der Waals surface area contributed by atoms with E-state index in [9.17, 15) is 4.79 Å². The summed E-state index contributed by atoms with van der Waals surface area (Å²) >= 11 is 3.57. The SMILES string of the molecule is CCC(CC)(CBr)CNC(=O)c1cc(C)ccc1C. The van der Waals surface area contributed by atoms with Gasteiger partial charge in [0, 0.05) is 17.4 Å². The summed E-state index contributed by atoms with van der Waals surface area (Å²) in [6.45, 7) is 9.06. The molecule has 0 heterocycles. The highest BCUT2D eigenvalue weighted by Crippen LogP contribution is 2.27. The van der Waals surface area contributed by atoms with E-state index >= 15 is 0 Å². The Labute approximate surface area is 125 Å². The molecule has 2 nitrogen and oxygen atoms in total. The number of benzene rings is 1. The number of hydrogen-bond donors (Lipinski definition) is 1. The molecule has 3 heteroatoms. The highest BCUT2D eigenvalue weighted by Gasteiger charge is 2.25. The van der Waals surface area contributed by atoms with Gasteiger partial charge in [0.1, 0.15) is 0 Å². The maximum atomic E-state index is 12.3. The molecule has 1 N–H and O–H groups in total. The second kappa shape index (κ2) is 7.09. The van der Waals surface area contributed by atoms with Crippen molar-refractivity contribution in [1.82, 2.24) is 5.32 Å². The Bertz CT molecular complexity index is 430. The predicted molar refractivity (Wildman–Crippen MR) is 85.1 cm³/mol. The zero-order valence-electron chi connectivity index (χ0n) is 12.3. The van der Waals surface area contributed by atoms with Crippen LogP contribution in [0, 0.1) is 19.3 Å². The van der Waals surface area contributed by atoms with E-state index in [4.69, 9.17) is 0 Å². The van der Waals surface area contributed by atoms with Crippen molar-refractivity contribution < 1.29 is 4.79 Å². The number of halogens is 1. The molecule has 0 aliphatic heterocycles. The minimum absolute atomic E-state index is 0.0356. The Morgan fingerprint density at radius 2 is 1.89 bits per heavy atom. The van der Waals surface area contributed by atoms with Crippen LogP contribution < -0.4 is 5.32 Å². The van der Waals surface area contributed by atoms with Crippen molar-refractivity contribution in [2.24, 2.45) is 5.41 Å². The molecular formula is C16H24BrNO. The summed E-state index contributed by atoms with van der Waals surface area (Å²) in [5.41, 5.74) is 3.10. The largest absolute Gasteiger partial charge is 0.351 e. The summed E-state index contributed by atoms with van der Waals surface area (Å²) in [6, 6.07) is 5.99. The number of carbonyl (C=O) groups excluding carboxylic acids is 1. The van der Waals surface area contributed by atoms with E-state index in [1.807, 2.05) is 32.0 Å². The van der Waals surface area contributed by atoms with Gasteiger partial charge in [-0.1, -0.05) is 47.5 Å². The minimum atomic E-state index is 0.0356. The van der Waals surface area contributed by atoms with Crippen molar-refractivity contribution in [3.8, 4) is 0 Å². The number of nitrogens with one attached hydrogen (secondary N) is 1. The third kappa shape index (κ3) is 4.07. The summed E-state index contributed by atoms with van der Waals surface area (Å²) in [5.74, 6) is 0.0356. The van der Waals surface area contributed by atoms with Gasteiger partial charge in [0.25, 0.3) is 5.91 Å². The van der Waals surface area contributed by atoms with Crippen molar-refractivity contribution in [3.63, 3.8) is 0 Å².